The largest absolute Gasteiger partial charge is 0.462 e. The maximum absolute atomic E-state index is 13.0. The number of nitrogens with zero attached hydrogens (tertiary/aromatic N) is 3. The van der Waals surface area contributed by atoms with Crippen LogP contribution in [0.25, 0.3) is 0 Å². The number of benzene rings is 1. The van der Waals surface area contributed by atoms with Crippen molar-refractivity contribution in [1.82, 2.24) is 4.90 Å². The molecule has 10 nitrogen and oxygen atoms in total. The molecule has 1 N–H and O–H groups in total. The van der Waals surface area contributed by atoms with Gasteiger partial charge in [-0.2, -0.15) is 0 Å². The summed E-state index contributed by atoms with van der Waals surface area (Å²) in [7, 11) is 0. The summed E-state index contributed by atoms with van der Waals surface area (Å²) < 4.78 is 5.16. The minimum atomic E-state index is -0.550. The van der Waals surface area contributed by atoms with Crippen LogP contribution in [0.2, 0.25) is 0 Å². The molecule has 0 bridgehead atoms. The Labute approximate surface area is 201 Å². The smallest absolute Gasteiger partial charge is 0.341 e. The van der Waals surface area contributed by atoms with Gasteiger partial charge in [0, 0.05) is 49.6 Å². The highest BCUT2D eigenvalue weighted by Gasteiger charge is 2.27. The van der Waals surface area contributed by atoms with Gasteiger partial charge in [-0.15, -0.1) is 11.3 Å². The lowest BCUT2D eigenvalue weighted by Crippen LogP contribution is -2.48. The molecule has 182 valence electrons. The fourth-order valence-electron chi connectivity index (χ4n) is 4.03. The van der Waals surface area contributed by atoms with Gasteiger partial charge in [0.1, 0.15) is 10.7 Å². The van der Waals surface area contributed by atoms with E-state index in [9.17, 15) is 24.5 Å². The lowest BCUT2D eigenvalue weighted by molar-refractivity contribution is -0.384. The average Bonchev–Trinajstić information content (AvgIpc) is 3.13. The Kier molecular flexibility index (Phi) is 7.87. The molecule has 1 fully saturated rings. The van der Waals surface area contributed by atoms with Crippen LogP contribution in [-0.2, 0) is 16.0 Å². The highest BCUT2D eigenvalue weighted by atomic mass is 32.1. The first kappa shape index (κ1) is 25.2. The number of anilines is 2. The topological polar surface area (TPSA) is 122 Å². The van der Waals surface area contributed by atoms with Crippen molar-refractivity contribution in [3.8, 4) is 0 Å². The Bertz CT molecular complexity index is 1120. The van der Waals surface area contributed by atoms with Gasteiger partial charge in [0.15, 0.2) is 0 Å². The number of nitrogens with one attached hydrogen (secondary N) is 1. The van der Waals surface area contributed by atoms with Crippen molar-refractivity contribution in [2.75, 3.05) is 43.0 Å². The number of carbonyl (C=O) groups excluding carboxylic acids is 3. The number of carbonyl (C=O) groups is 3. The summed E-state index contributed by atoms with van der Waals surface area (Å²) in [6, 6.07) is 4.33. The number of nitro benzene ring substituents is 1. The number of rotatable bonds is 7. The van der Waals surface area contributed by atoms with Crippen molar-refractivity contribution in [3.63, 3.8) is 0 Å². The lowest BCUT2D eigenvalue weighted by atomic mass is 10.1. The third kappa shape index (κ3) is 5.19. The molecule has 0 unspecified atom stereocenters. The van der Waals surface area contributed by atoms with Crippen molar-refractivity contribution in [2.45, 2.75) is 34.1 Å². The van der Waals surface area contributed by atoms with E-state index in [-0.39, 0.29) is 23.8 Å². The van der Waals surface area contributed by atoms with Crippen LogP contribution in [0, 0.1) is 17.0 Å². The molecule has 0 radical (unpaired) electrons. The number of nitro groups is 1. The minimum absolute atomic E-state index is 0.0293. The van der Waals surface area contributed by atoms with Crippen LogP contribution in [0.3, 0.4) is 0 Å². The minimum Gasteiger partial charge on any atom is -0.462 e. The number of piperazine rings is 1. The van der Waals surface area contributed by atoms with Gasteiger partial charge in [-0.3, -0.25) is 19.7 Å². The predicted molar refractivity (Wildman–Crippen MR) is 130 cm³/mol. The van der Waals surface area contributed by atoms with Crippen LogP contribution in [-0.4, -0.2) is 60.4 Å². The fraction of sp³-hybridized carbons (Fsp3) is 0.435. The van der Waals surface area contributed by atoms with Gasteiger partial charge >= 0.3 is 5.97 Å². The maximum atomic E-state index is 13.0. The van der Waals surface area contributed by atoms with E-state index in [1.165, 1.54) is 30.4 Å². The van der Waals surface area contributed by atoms with Crippen LogP contribution in [0.4, 0.5) is 16.4 Å². The predicted octanol–water partition coefficient (Wildman–Crippen LogP) is 3.62. The van der Waals surface area contributed by atoms with Gasteiger partial charge in [-0.25, -0.2) is 4.79 Å². The van der Waals surface area contributed by atoms with Crippen molar-refractivity contribution < 1.29 is 24.0 Å². The second-order valence-corrected chi connectivity index (χ2v) is 9.05. The molecule has 1 aromatic heterocycles. The van der Waals surface area contributed by atoms with Crippen molar-refractivity contribution >= 4 is 45.5 Å². The van der Waals surface area contributed by atoms with Gasteiger partial charge in [-0.1, -0.05) is 6.92 Å². The highest BCUT2D eigenvalue weighted by Crippen LogP contribution is 2.35. The molecular weight excluding hydrogens is 460 g/mol. The Morgan fingerprint density at radius 2 is 1.85 bits per heavy atom. The number of amides is 2. The van der Waals surface area contributed by atoms with E-state index in [1.54, 1.807) is 17.9 Å². The van der Waals surface area contributed by atoms with E-state index in [1.807, 2.05) is 18.7 Å². The number of thiophene rings is 1. The van der Waals surface area contributed by atoms with E-state index in [4.69, 9.17) is 4.74 Å². The summed E-state index contributed by atoms with van der Waals surface area (Å²) in [5, 5.41) is 14.9. The Morgan fingerprint density at radius 1 is 1.18 bits per heavy atom. The Hall–Kier alpha value is -3.47. The average molecular weight is 489 g/mol. The van der Waals surface area contributed by atoms with Crippen LogP contribution in [0.15, 0.2) is 18.2 Å². The molecule has 0 spiro atoms. The summed E-state index contributed by atoms with van der Waals surface area (Å²) in [6.07, 6.45) is 0.601. The zero-order valence-corrected chi connectivity index (χ0v) is 20.5. The molecule has 1 aliphatic rings. The molecule has 2 aromatic rings. The molecule has 2 amide bonds. The zero-order valence-electron chi connectivity index (χ0n) is 19.7. The third-order valence-electron chi connectivity index (χ3n) is 5.77. The Morgan fingerprint density at radius 3 is 2.41 bits per heavy atom. The molecule has 34 heavy (non-hydrogen) atoms. The van der Waals surface area contributed by atoms with Gasteiger partial charge in [-0.05, 0) is 38.0 Å². The second kappa shape index (κ2) is 10.6. The summed E-state index contributed by atoms with van der Waals surface area (Å²) in [5.74, 6) is -1.09. The van der Waals surface area contributed by atoms with Crippen molar-refractivity contribution in [2.24, 2.45) is 0 Å². The highest BCUT2D eigenvalue weighted by molar-refractivity contribution is 7.16. The van der Waals surface area contributed by atoms with E-state index in [0.29, 0.717) is 48.9 Å². The zero-order chi connectivity index (χ0) is 25.0. The van der Waals surface area contributed by atoms with Gasteiger partial charge in [0.2, 0.25) is 5.91 Å². The van der Waals surface area contributed by atoms with Crippen molar-refractivity contribution in [3.05, 3.63) is 49.9 Å². The van der Waals surface area contributed by atoms with Crippen LogP contribution in [0.5, 0.6) is 0 Å². The van der Waals surface area contributed by atoms with Gasteiger partial charge < -0.3 is 19.9 Å². The van der Waals surface area contributed by atoms with Gasteiger partial charge in [0.05, 0.1) is 17.1 Å². The van der Waals surface area contributed by atoms with E-state index in [2.05, 4.69) is 5.32 Å². The summed E-state index contributed by atoms with van der Waals surface area (Å²) in [6.45, 7) is 9.07. The maximum Gasteiger partial charge on any atom is 0.341 e. The monoisotopic (exact) mass is 488 g/mol. The SMILES string of the molecule is CCOC(=O)c1c(NC(=O)c2ccc(N3CCN(C(C)=O)CC3)c([N+](=O)[O-])c2)sc(C)c1CC. The molecule has 0 aliphatic carbocycles. The Balaban J connectivity index is 1.87. The molecule has 0 saturated carbocycles. The first-order chi connectivity index (χ1) is 16.2. The molecular formula is C23H28N4O6S. The number of hydrogen-bond donors (Lipinski definition) is 1. The molecule has 2 heterocycles. The van der Waals surface area contributed by atoms with E-state index < -0.39 is 16.8 Å². The first-order valence-electron chi connectivity index (χ1n) is 11.1. The molecule has 1 saturated heterocycles. The standard InChI is InChI=1S/C23H28N4O6S/c1-5-17-14(3)34-22(20(17)23(30)33-6-2)24-21(29)16-7-8-18(19(13-16)27(31)32)26-11-9-25(10-12-26)15(4)28/h7-8,13H,5-6,9-12H2,1-4H3,(H,24,29). The molecule has 0 atom stereocenters. The normalized spacial score (nSPS) is 13.5. The lowest BCUT2D eigenvalue weighted by Gasteiger charge is -2.35. The number of ether oxygens (including phenoxy) is 1. The fourth-order valence-corrected chi connectivity index (χ4v) is 5.16. The molecule has 1 aromatic carbocycles. The van der Waals surface area contributed by atoms with Crippen molar-refractivity contribution in [1.29, 1.82) is 0 Å². The first-order valence-corrected chi connectivity index (χ1v) is 11.9. The number of hydrogen-bond acceptors (Lipinski definition) is 8. The quantitative estimate of drug-likeness (QED) is 0.359. The van der Waals surface area contributed by atoms with Gasteiger partial charge in [0.25, 0.3) is 11.6 Å². The van der Waals surface area contributed by atoms with E-state index >= 15 is 0 Å². The summed E-state index contributed by atoms with van der Waals surface area (Å²) in [4.78, 5) is 52.8. The third-order valence-corrected chi connectivity index (χ3v) is 6.83. The molecule has 11 heteroatoms. The second-order valence-electron chi connectivity index (χ2n) is 7.82. The van der Waals surface area contributed by atoms with Crippen LogP contribution in [0.1, 0.15) is 51.9 Å². The number of aryl methyl sites for hydroxylation is 1. The van der Waals surface area contributed by atoms with Crippen LogP contribution < -0.4 is 10.2 Å². The molecule has 1 aliphatic heterocycles. The summed E-state index contributed by atoms with van der Waals surface area (Å²) >= 11 is 1.27. The summed E-state index contributed by atoms with van der Waals surface area (Å²) in [5.41, 5.74) is 1.46. The van der Waals surface area contributed by atoms with Crippen LogP contribution >= 0.6 is 11.3 Å². The molecule has 3 rings (SSSR count). The van der Waals surface area contributed by atoms with E-state index in [0.717, 1.165) is 10.4 Å². The number of esters is 1.